The Morgan fingerprint density at radius 2 is 1.14 bits per heavy atom. The third-order valence-electron chi connectivity index (χ3n) is 7.91. The molecule has 6 rings (SSSR count). The van der Waals surface area contributed by atoms with Gasteiger partial charge in [0.1, 0.15) is 0 Å². The van der Waals surface area contributed by atoms with Gasteiger partial charge in [0, 0.05) is 5.56 Å². The molecule has 0 aliphatic heterocycles. The van der Waals surface area contributed by atoms with Crippen molar-refractivity contribution >= 4 is 27.6 Å². The van der Waals surface area contributed by atoms with Gasteiger partial charge < -0.3 is 5.41 Å². The fraction of sp³-hybridized carbons (Fsp3) is 0. The number of nitrogens with one attached hydrogen (secondary N) is 1. The minimum atomic E-state index is 0.457. The van der Waals surface area contributed by atoms with E-state index in [1.807, 2.05) is 48.6 Å². The van der Waals surface area contributed by atoms with Crippen molar-refractivity contribution in [3.05, 3.63) is 205 Å². The summed E-state index contributed by atoms with van der Waals surface area (Å²) < 4.78 is 0. The molecular weight excluding hydrogens is 530 g/mol. The maximum atomic E-state index is 9.17. The number of rotatable bonds is 9. The Hall–Kier alpha value is -5.79. The van der Waals surface area contributed by atoms with E-state index >= 15 is 0 Å². The van der Waals surface area contributed by atoms with Gasteiger partial charge in [-0.1, -0.05) is 171 Å². The summed E-state index contributed by atoms with van der Waals surface area (Å²) >= 11 is 0. The van der Waals surface area contributed by atoms with Crippen LogP contribution in [0.15, 0.2) is 183 Å². The topological polar surface area (TPSA) is 23.9 Å². The van der Waals surface area contributed by atoms with Crippen LogP contribution in [0.3, 0.4) is 0 Å². The molecule has 0 radical (unpaired) electrons. The summed E-state index contributed by atoms with van der Waals surface area (Å²) in [7, 11) is 0. The second-order valence-corrected chi connectivity index (χ2v) is 10.7. The predicted molar refractivity (Wildman–Crippen MR) is 190 cm³/mol. The van der Waals surface area contributed by atoms with E-state index in [0.29, 0.717) is 5.71 Å². The fourth-order valence-corrected chi connectivity index (χ4v) is 5.62. The van der Waals surface area contributed by atoms with Crippen LogP contribution in [-0.4, -0.2) is 5.71 Å². The van der Waals surface area contributed by atoms with Gasteiger partial charge in [-0.2, -0.15) is 0 Å². The smallest absolute Gasteiger partial charge is 0.0618 e. The minimum Gasteiger partial charge on any atom is -0.300 e. The molecule has 0 amide bonds. The highest BCUT2D eigenvalue weighted by Gasteiger charge is 2.11. The van der Waals surface area contributed by atoms with Gasteiger partial charge in [-0.05, 0) is 73.0 Å². The first-order chi connectivity index (χ1) is 21.6. The van der Waals surface area contributed by atoms with E-state index in [1.165, 1.54) is 16.3 Å². The first-order valence-electron chi connectivity index (χ1n) is 14.8. The molecule has 0 aromatic heterocycles. The van der Waals surface area contributed by atoms with Crippen molar-refractivity contribution in [3.63, 3.8) is 0 Å². The maximum absolute atomic E-state index is 9.17. The van der Waals surface area contributed by atoms with E-state index in [-0.39, 0.29) is 0 Å². The number of fused-ring (bicyclic) bond motifs is 1. The summed E-state index contributed by atoms with van der Waals surface area (Å²) in [5.41, 5.74) is 11.1. The molecule has 0 atom stereocenters. The lowest BCUT2D eigenvalue weighted by Crippen LogP contribution is -1.99. The lowest BCUT2D eigenvalue weighted by molar-refractivity contribution is 1.48. The summed E-state index contributed by atoms with van der Waals surface area (Å²) in [5.74, 6) is 0. The average molecular weight is 564 g/mol. The number of hydrogen-bond acceptors (Lipinski definition) is 1. The van der Waals surface area contributed by atoms with E-state index < -0.39 is 0 Å². The molecule has 0 fully saturated rings. The van der Waals surface area contributed by atoms with Crippen molar-refractivity contribution in [2.75, 3.05) is 0 Å². The summed E-state index contributed by atoms with van der Waals surface area (Å²) in [6.07, 6.45) is 7.56. The zero-order chi connectivity index (χ0) is 30.3. The molecule has 0 saturated carbocycles. The number of hydrogen-bond donors (Lipinski definition) is 1. The highest BCUT2D eigenvalue weighted by molar-refractivity contribution is 6.12. The van der Waals surface area contributed by atoms with Crippen LogP contribution in [0.2, 0.25) is 0 Å². The Bertz CT molecular complexity index is 2020. The lowest BCUT2D eigenvalue weighted by atomic mass is 9.91. The van der Waals surface area contributed by atoms with Gasteiger partial charge in [0.15, 0.2) is 0 Å². The predicted octanol–water partition coefficient (Wildman–Crippen LogP) is 11.4. The fourth-order valence-electron chi connectivity index (χ4n) is 5.62. The molecule has 44 heavy (non-hydrogen) atoms. The molecule has 6 aromatic carbocycles. The molecule has 6 aromatic rings. The number of benzene rings is 6. The van der Waals surface area contributed by atoms with Gasteiger partial charge in [-0.3, -0.25) is 0 Å². The molecule has 1 nitrogen and oxygen atoms in total. The monoisotopic (exact) mass is 563 g/mol. The summed E-state index contributed by atoms with van der Waals surface area (Å²) in [5, 5.41) is 11.6. The molecule has 0 bridgehead atoms. The molecule has 0 aliphatic rings. The Labute approximate surface area is 260 Å². The van der Waals surface area contributed by atoms with Crippen LogP contribution in [0.25, 0.3) is 44.2 Å². The molecule has 0 saturated heterocycles. The molecule has 0 spiro atoms. The largest absolute Gasteiger partial charge is 0.300 e. The summed E-state index contributed by atoms with van der Waals surface area (Å²) in [4.78, 5) is 0. The Morgan fingerprint density at radius 3 is 1.86 bits per heavy atom. The number of allylic oxidation sites excluding steroid dienone is 5. The van der Waals surface area contributed by atoms with Crippen LogP contribution in [-0.2, 0) is 0 Å². The van der Waals surface area contributed by atoms with Gasteiger partial charge in [0.05, 0.1) is 5.71 Å². The normalized spacial score (nSPS) is 11.7. The molecule has 0 aliphatic carbocycles. The third-order valence-corrected chi connectivity index (χ3v) is 7.91. The highest BCUT2D eigenvalue weighted by Crippen LogP contribution is 2.32. The zero-order valence-electron chi connectivity index (χ0n) is 24.6. The van der Waals surface area contributed by atoms with Gasteiger partial charge in [-0.15, -0.1) is 0 Å². The molecule has 0 unspecified atom stereocenters. The van der Waals surface area contributed by atoms with Crippen LogP contribution in [0.5, 0.6) is 0 Å². The molecule has 1 heteroatoms. The maximum Gasteiger partial charge on any atom is 0.0618 e. The first-order valence-corrected chi connectivity index (χ1v) is 14.8. The quantitative estimate of drug-likeness (QED) is 0.134. The van der Waals surface area contributed by atoms with Crippen LogP contribution in [0, 0.1) is 5.41 Å². The second-order valence-electron chi connectivity index (χ2n) is 10.7. The van der Waals surface area contributed by atoms with Crippen molar-refractivity contribution in [1.82, 2.24) is 0 Å². The van der Waals surface area contributed by atoms with Gasteiger partial charge in [-0.25, -0.2) is 0 Å². The van der Waals surface area contributed by atoms with Crippen LogP contribution < -0.4 is 0 Å². The minimum absolute atomic E-state index is 0.457. The van der Waals surface area contributed by atoms with Crippen LogP contribution >= 0.6 is 0 Å². The summed E-state index contributed by atoms with van der Waals surface area (Å²) in [6.45, 7) is 7.79. The average Bonchev–Trinajstić information content (AvgIpc) is 3.10. The Balaban J connectivity index is 1.41. The van der Waals surface area contributed by atoms with Crippen molar-refractivity contribution in [3.8, 4) is 22.3 Å². The van der Waals surface area contributed by atoms with Gasteiger partial charge in [0.25, 0.3) is 0 Å². The van der Waals surface area contributed by atoms with Crippen LogP contribution in [0.1, 0.15) is 22.3 Å². The Morgan fingerprint density at radius 1 is 0.523 bits per heavy atom. The molecule has 1 N–H and O–H groups in total. The highest BCUT2D eigenvalue weighted by atomic mass is 14.4. The van der Waals surface area contributed by atoms with E-state index in [9.17, 15) is 5.41 Å². The first kappa shape index (κ1) is 28.3. The van der Waals surface area contributed by atoms with Gasteiger partial charge in [0.2, 0.25) is 0 Å². The van der Waals surface area contributed by atoms with Gasteiger partial charge >= 0.3 is 0 Å². The zero-order valence-corrected chi connectivity index (χ0v) is 24.6. The Kier molecular flexibility index (Phi) is 8.39. The van der Waals surface area contributed by atoms with E-state index in [2.05, 4.69) is 128 Å². The van der Waals surface area contributed by atoms with Crippen molar-refractivity contribution in [2.24, 2.45) is 0 Å². The van der Waals surface area contributed by atoms with Crippen molar-refractivity contribution in [2.45, 2.75) is 0 Å². The standard InChI is InChI=1S/C43H33N/c1-3-12-31(4-2)33-21-23-36(24-22-33)42(30-43(44)39-18-10-17-38(29-39)32-13-6-5-7-14-32)37-27-25-35(26-28-37)41-20-11-16-34-15-8-9-19-40(34)41/h3-30,44H,1-2H2/b31-12+,42-30-,44-43?. The van der Waals surface area contributed by atoms with Crippen molar-refractivity contribution in [1.29, 1.82) is 5.41 Å². The third kappa shape index (κ3) is 6.04. The second kappa shape index (κ2) is 13.0. The van der Waals surface area contributed by atoms with Crippen LogP contribution in [0.4, 0.5) is 0 Å². The van der Waals surface area contributed by atoms with E-state index in [0.717, 1.165) is 50.1 Å². The van der Waals surface area contributed by atoms with E-state index in [4.69, 9.17) is 0 Å². The van der Waals surface area contributed by atoms with E-state index in [1.54, 1.807) is 6.08 Å². The van der Waals surface area contributed by atoms with Crippen molar-refractivity contribution < 1.29 is 0 Å². The molecule has 210 valence electrons. The summed E-state index contributed by atoms with van der Waals surface area (Å²) in [6, 6.07) is 50.6. The molecular formula is C43H33N. The lowest BCUT2D eigenvalue weighted by Gasteiger charge is -2.13. The SMILES string of the molecule is C=C/C=C(\C=C)c1ccc(/C(=C/C(=N)c2cccc(-c3ccccc3)c2)c2ccc(-c3cccc4ccccc34)cc2)cc1. The molecule has 0 heterocycles.